The van der Waals surface area contributed by atoms with Gasteiger partial charge in [-0.3, -0.25) is 20.0 Å². The second kappa shape index (κ2) is 8.42. The molecule has 0 amide bonds. The van der Waals surface area contributed by atoms with Gasteiger partial charge in [-0.1, -0.05) is 6.07 Å². The number of hydrogen-bond acceptors (Lipinski definition) is 5. The van der Waals surface area contributed by atoms with Crippen molar-refractivity contribution in [2.24, 2.45) is 0 Å². The van der Waals surface area contributed by atoms with Crippen molar-refractivity contribution < 1.29 is 0 Å². The monoisotopic (exact) mass is 474 g/mol. The topological polar surface area (TPSA) is 91.3 Å². The number of likely N-dealkylation sites (tertiary alicyclic amines) is 1. The molecule has 0 atom stereocenters. The summed E-state index contributed by atoms with van der Waals surface area (Å²) in [5.41, 5.74) is 9.00. The van der Waals surface area contributed by atoms with E-state index in [9.17, 15) is 0 Å². The zero-order chi connectivity index (χ0) is 24.1. The first-order valence-corrected chi connectivity index (χ1v) is 12.4. The van der Waals surface area contributed by atoms with Crippen LogP contribution in [0.5, 0.6) is 0 Å². The summed E-state index contributed by atoms with van der Waals surface area (Å²) in [7, 11) is 0. The summed E-state index contributed by atoms with van der Waals surface area (Å²) in [5.74, 6) is 0. The van der Waals surface area contributed by atoms with Crippen molar-refractivity contribution in [3.05, 3.63) is 78.8 Å². The van der Waals surface area contributed by atoms with Crippen molar-refractivity contribution in [2.45, 2.75) is 26.3 Å². The zero-order valence-electron chi connectivity index (χ0n) is 20.1. The number of aromatic amines is 2. The third-order valence-electron chi connectivity index (χ3n) is 7.03. The minimum atomic E-state index is 0.874. The van der Waals surface area contributed by atoms with E-state index in [-0.39, 0.29) is 0 Å². The average molecular weight is 475 g/mol. The summed E-state index contributed by atoms with van der Waals surface area (Å²) < 4.78 is 2.06. The molecule has 0 saturated carbocycles. The smallest absolute Gasteiger partial charge is 0.116 e. The average Bonchev–Trinajstić information content (AvgIpc) is 3.70. The number of benzene rings is 1. The predicted molar refractivity (Wildman–Crippen MR) is 141 cm³/mol. The maximum absolute atomic E-state index is 4.71. The van der Waals surface area contributed by atoms with E-state index >= 15 is 0 Å². The highest BCUT2D eigenvalue weighted by atomic mass is 15.1. The number of nitrogens with zero attached hydrogens (tertiary/aromatic N) is 6. The van der Waals surface area contributed by atoms with Gasteiger partial charge in [0.1, 0.15) is 5.69 Å². The van der Waals surface area contributed by atoms with Crippen LogP contribution in [0.15, 0.2) is 67.5 Å². The summed E-state index contributed by atoms with van der Waals surface area (Å²) in [6.45, 7) is 5.27. The molecule has 2 N–H and O–H groups in total. The van der Waals surface area contributed by atoms with Gasteiger partial charge in [0.2, 0.25) is 0 Å². The number of nitrogens with one attached hydrogen (secondary N) is 2. The van der Waals surface area contributed by atoms with E-state index in [0.29, 0.717) is 0 Å². The van der Waals surface area contributed by atoms with E-state index in [1.807, 2.05) is 38.0 Å². The summed E-state index contributed by atoms with van der Waals surface area (Å²) in [5, 5.41) is 9.94. The van der Waals surface area contributed by atoms with Crippen LogP contribution in [0.2, 0.25) is 0 Å². The van der Waals surface area contributed by atoms with Crippen molar-refractivity contribution in [3.8, 4) is 28.3 Å². The predicted octanol–water partition coefficient (Wildman–Crippen LogP) is 5.26. The van der Waals surface area contributed by atoms with Gasteiger partial charge in [-0.15, -0.1) is 0 Å². The summed E-state index contributed by atoms with van der Waals surface area (Å²) in [6, 6.07) is 12.7. The van der Waals surface area contributed by atoms with Gasteiger partial charge in [0.25, 0.3) is 0 Å². The Morgan fingerprint density at radius 3 is 2.72 bits per heavy atom. The molecule has 5 aromatic heterocycles. The van der Waals surface area contributed by atoms with Crippen molar-refractivity contribution >= 4 is 21.8 Å². The van der Waals surface area contributed by atoms with E-state index in [1.165, 1.54) is 31.5 Å². The number of H-pyrrole nitrogens is 2. The number of aryl methyl sites for hydroxylation is 1. The fourth-order valence-electron chi connectivity index (χ4n) is 5.24. The molecule has 0 spiro atoms. The summed E-state index contributed by atoms with van der Waals surface area (Å²) >= 11 is 0. The lowest BCUT2D eigenvalue weighted by Gasteiger charge is -2.14. The molecular weight excluding hydrogens is 448 g/mol. The number of imidazole rings is 1. The van der Waals surface area contributed by atoms with Gasteiger partial charge in [-0.25, -0.2) is 4.98 Å². The molecule has 1 aliphatic heterocycles. The highest BCUT2D eigenvalue weighted by Gasteiger charge is 2.16. The van der Waals surface area contributed by atoms with Gasteiger partial charge in [-0.2, -0.15) is 5.10 Å². The fourth-order valence-corrected chi connectivity index (χ4v) is 5.24. The van der Waals surface area contributed by atoms with Gasteiger partial charge in [-0.05, 0) is 68.8 Å². The van der Waals surface area contributed by atoms with Crippen molar-refractivity contribution in [3.63, 3.8) is 0 Å². The number of pyridine rings is 2. The quantitative estimate of drug-likeness (QED) is 0.356. The third-order valence-corrected chi connectivity index (χ3v) is 7.03. The van der Waals surface area contributed by atoms with Gasteiger partial charge >= 0.3 is 0 Å². The van der Waals surface area contributed by atoms with Crippen LogP contribution in [0.4, 0.5) is 0 Å². The van der Waals surface area contributed by atoms with E-state index < -0.39 is 0 Å². The Hall–Kier alpha value is -4.30. The van der Waals surface area contributed by atoms with Gasteiger partial charge in [0.05, 0.1) is 40.8 Å². The second-order valence-corrected chi connectivity index (χ2v) is 9.60. The third kappa shape index (κ3) is 3.67. The van der Waals surface area contributed by atoms with Crippen LogP contribution in [0.1, 0.15) is 24.1 Å². The Kier molecular flexibility index (Phi) is 4.92. The molecule has 8 heteroatoms. The first kappa shape index (κ1) is 21.0. The fraction of sp³-hybridized carbons (Fsp3) is 0.214. The first-order chi connectivity index (χ1) is 17.7. The normalized spacial score (nSPS) is 14.4. The molecule has 0 radical (unpaired) electrons. The minimum Gasteiger partial charge on any atom is -0.353 e. The first-order valence-electron chi connectivity index (χ1n) is 12.4. The molecule has 0 aliphatic carbocycles. The van der Waals surface area contributed by atoms with Gasteiger partial charge in [0.15, 0.2) is 0 Å². The molecule has 178 valence electrons. The Morgan fingerprint density at radius 2 is 1.86 bits per heavy atom. The van der Waals surface area contributed by atoms with Crippen LogP contribution in [0.3, 0.4) is 0 Å². The molecular formula is C28H26N8. The Labute approximate surface area is 208 Å². The molecule has 7 rings (SSSR count). The summed E-state index contributed by atoms with van der Waals surface area (Å²) in [6.07, 6.45) is 12.2. The Bertz CT molecular complexity index is 1700. The largest absolute Gasteiger partial charge is 0.353 e. The SMILES string of the molecule is Cc1cn(-c2cccc3[nH]c(-c4n[nH]c5cnc(-c6cncc(CN7CCCC7)c6)cc45)cc23)cn1. The lowest BCUT2D eigenvalue weighted by Crippen LogP contribution is -2.18. The molecule has 1 saturated heterocycles. The van der Waals surface area contributed by atoms with Crippen LogP contribution in [-0.2, 0) is 6.54 Å². The number of rotatable bonds is 5. The molecule has 36 heavy (non-hydrogen) atoms. The lowest BCUT2D eigenvalue weighted by atomic mass is 10.1. The highest BCUT2D eigenvalue weighted by molar-refractivity contribution is 5.98. The Morgan fingerprint density at radius 1 is 0.944 bits per heavy atom. The van der Waals surface area contributed by atoms with Gasteiger partial charge in [0, 0.05) is 47.0 Å². The molecule has 1 aromatic carbocycles. The van der Waals surface area contributed by atoms with Crippen molar-refractivity contribution in [2.75, 3.05) is 13.1 Å². The minimum absolute atomic E-state index is 0.874. The zero-order valence-corrected chi connectivity index (χ0v) is 20.1. The van der Waals surface area contributed by atoms with E-state index in [4.69, 9.17) is 4.98 Å². The standard InChI is InChI=1S/C28H26N8/c1-18-15-36(17-31-18)27-6-4-5-23-21(27)10-25(32-23)28-22-11-24(30-14-26(22)33-34-28)20-9-19(12-29-13-20)16-35-7-2-3-8-35/h4-6,9-15,17,32H,2-3,7-8,16H2,1H3,(H,33,34). The molecule has 1 aliphatic rings. The maximum Gasteiger partial charge on any atom is 0.116 e. The molecule has 6 aromatic rings. The van der Waals surface area contributed by atoms with Crippen LogP contribution < -0.4 is 0 Å². The van der Waals surface area contributed by atoms with Crippen LogP contribution in [0.25, 0.3) is 50.1 Å². The van der Waals surface area contributed by atoms with E-state index in [1.54, 1.807) is 0 Å². The Balaban J connectivity index is 1.28. The molecule has 0 unspecified atom stereocenters. The van der Waals surface area contributed by atoms with Crippen molar-refractivity contribution in [1.29, 1.82) is 0 Å². The molecule has 6 heterocycles. The molecule has 0 bridgehead atoms. The van der Waals surface area contributed by atoms with Crippen LogP contribution >= 0.6 is 0 Å². The van der Waals surface area contributed by atoms with Crippen LogP contribution in [-0.4, -0.2) is 52.7 Å². The van der Waals surface area contributed by atoms with Crippen molar-refractivity contribution in [1.82, 2.24) is 39.6 Å². The maximum atomic E-state index is 4.71. The van der Waals surface area contributed by atoms with Gasteiger partial charge < -0.3 is 9.55 Å². The number of fused-ring (bicyclic) bond motifs is 2. The number of aromatic nitrogens is 7. The van der Waals surface area contributed by atoms with Crippen LogP contribution in [0, 0.1) is 6.92 Å². The second-order valence-electron chi connectivity index (χ2n) is 9.60. The lowest BCUT2D eigenvalue weighted by molar-refractivity contribution is 0.331. The van der Waals surface area contributed by atoms with E-state index in [0.717, 1.165) is 62.4 Å². The highest BCUT2D eigenvalue weighted by Crippen LogP contribution is 2.33. The molecule has 8 nitrogen and oxygen atoms in total. The molecule has 1 fully saturated rings. The van der Waals surface area contributed by atoms with E-state index in [2.05, 4.69) is 71.0 Å². The summed E-state index contributed by atoms with van der Waals surface area (Å²) in [4.78, 5) is 19.7. The number of hydrogen-bond donors (Lipinski definition) is 2.